The van der Waals surface area contributed by atoms with Gasteiger partial charge in [0.1, 0.15) is 5.58 Å². The molecule has 0 amide bonds. The number of fused-ring (bicyclic) bond motifs is 3. The largest absolute Gasteiger partial charge is 0.437 e. The Morgan fingerprint density at radius 2 is 1.88 bits per heavy atom. The smallest absolute Gasteiger partial charge is 0.227 e. The van der Waals surface area contributed by atoms with Crippen LogP contribution in [-0.2, 0) is 6.37 Å². The molecule has 0 atom stereocenters. The molecule has 0 aliphatic heterocycles. The van der Waals surface area contributed by atoms with E-state index in [1.54, 1.807) is 24.3 Å². The van der Waals surface area contributed by atoms with Gasteiger partial charge in [-0.25, -0.2) is 4.98 Å². The number of aryl methyl sites for hydroxylation is 1. The summed E-state index contributed by atoms with van der Waals surface area (Å²) in [7, 11) is 0. The van der Waals surface area contributed by atoms with Gasteiger partial charge in [0.05, 0.1) is 0 Å². The van der Waals surface area contributed by atoms with Crippen LogP contribution in [0.3, 0.4) is 0 Å². The van der Waals surface area contributed by atoms with Gasteiger partial charge in [-0.05, 0) is 66.0 Å². The van der Waals surface area contributed by atoms with Crippen molar-refractivity contribution in [2.45, 2.75) is 40.9 Å². The lowest BCUT2D eigenvalue weighted by Crippen LogP contribution is -2.08. The van der Waals surface area contributed by atoms with Crippen molar-refractivity contribution < 1.29 is 11.3 Å². The normalized spacial score (nSPS) is 16.3. The van der Waals surface area contributed by atoms with Crippen LogP contribution >= 0.6 is 0 Å². The third-order valence-electron chi connectivity index (χ3n) is 5.16. The summed E-state index contributed by atoms with van der Waals surface area (Å²) >= 11 is 0. The zero-order valence-corrected chi connectivity index (χ0v) is 18.8. The molecule has 0 aliphatic carbocycles. The molecule has 2 heterocycles. The fourth-order valence-electron chi connectivity index (χ4n) is 3.80. The fourth-order valence-corrected chi connectivity index (χ4v) is 3.80. The molecule has 0 aliphatic rings. The minimum Gasteiger partial charge on any atom is -0.437 e. The predicted molar refractivity (Wildman–Crippen MR) is 136 cm³/mol. The highest BCUT2D eigenvalue weighted by molar-refractivity contribution is 6.07. The number of furan rings is 1. The molecule has 0 spiro atoms. The molecule has 2 aromatic carbocycles. The molecule has 2 aromatic heterocycles. The van der Waals surface area contributed by atoms with Gasteiger partial charge < -0.3 is 9.83 Å². The Kier molecular flexibility index (Phi) is 4.35. The number of hydrogen-bond donors (Lipinski definition) is 1. The summed E-state index contributed by atoms with van der Waals surface area (Å²) < 4.78 is 46.1. The number of pyridine rings is 1. The molecule has 162 valence electrons. The van der Waals surface area contributed by atoms with Crippen LogP contribution in [-0.4, -0.2) is 11.2 Å². The lowest BCUT2D eigenvalue weighted by atomic mass is 9.87. The third-order valence-corrected chi connectivity index (χ3v) is 5.16. The van der Waals surface area contributed by atoms with Crippen molar-refractivity contribution in [3.8, 4) is 0 Å². The molecular formula is C29H30N2O. The third kappa shape index (κ3) is 4.57. The molecule has 0 radical (unpaired) electrons. The second-order valence-corrected chi connectivity index (χ2v) is 8.90. The first-order chi connectivity index (χ1) is 17.2. The SMILES string of the molecule is [2H]C([2H])([2H])c1ccc2c(n1)oc1c(/C(C)=C/C(=C\C=N)c3ccc(C([2H])([2H])C(C)(C)C)cc3)cccc12. The van der Waals surface area contributed by atoms with Gasteiger partial charge >= 0.3 is 0 Å². The van der Waals surface area contributed by atoms with E-state index >= 15 is 0 Å². The van der Waals surface area contributed by atoms with Crippen LogP contribution in [0.25, 0.3) is 33.2 Å². The van der Waals surface area contributed by atoms with E-state index in [-0.39, 0.29) is 11.4 Å². The first-order valence-corrected chi connectivity index (χ1v) is 10.6. The van der Waals surface area contributed by atoms with Crippen LogP contribution < -0.4 is 0 Å². The number of allylic oxidation sites excluding steroid dienone is 4. The molecule has 4 rings (SSSR count). The summed E-state index contributed by atoms with van der Waals surface area (Å²) in [5, 5.41) is 9.26. The Morgan fingerprint density at radius 3 is 2.56 bits per heavy atom. The maximum atomic E-state index is 8.53. The van der Waals surface area contributed by atoms with Crippen LogP contribution in [0.1, 0.15) is 56.9 Å². The van der Waals surface area contributed by atoms with E-state index in [1.165, 1.54) is 12.3 Å². The van der Waals surface area contributed by atoms with Crippen molar-refractivity contribution in [1.82, 2.24) is 4.98 Å². The van der Waals surface area contributed by atoms with Gasteiger partial charge in [-0.3, -0.25) is 0 Å². The van der Waals surface area contributed by atoms with Crippen molar-refractivity contribution in [2.24, 2.45) is 5.41 Å². The van der Waals surface area contributed by atoms with Crippen LogP contribution in [0.4, 0.5) is 0 Å². The van der Waals surface area contributed by atoms with E-state index in [9.17, 15) is 0 Å². The summed E-state index contributed by atoms with van der Waals surface area (Å²) in [5.74, 6) is 0. The van der Waals surface area contributed by atoms with Gasteiger partial charge in [-0.1, -0.05) is 69.3 Å². The standard InChI is InChI=1S/C29H30N2O/c1-19(17-23(15-16-30)22-12-10-21(11-13-22)18-29(3,4)5)24-7-6-8-25-26-14-9-20(2)31-28(26)32-27(24)25/h6-17,30H,18H2,1-5H3/b19-17+,23-15+,30-16?/i2D3,18D2. The Balaban J connectivity index is 1.77. The zero-order valence-electron chi connectivity index (χ0n) is 23.8. The van der Waals surface area contributed by atoms with E-state index in [0.717, 1.165) is 33.0 Å². The van der Waals surface area contributed by atoms with Crippen LogP contribution in [0.2, 0.25) is 0 Å². The van der Waals surface area contributed by atoms with E-state index in [0.29, 0.717) is 11.1 Å². The molecule has 1 N–H and O–H groups in total. The molecule has 3 nitrogen and oxygen atoms in total. The molecule has 0 fully saturated rings. The fraction of sp³-hybridized carbons (Fsp3) is 0.241. The molecule has 0 unspecified atom stereocenters. The Labute approximate surface area is 197 Å². The van der Waals surface area contributed by atoms with E-state index in [1.807, 2.05) is 64.1 Å². The van der Waals surface area contributed by atoms with Gasteiger partial charge in [0.15, 0.2) is 0 Å². The van der Waals surface area contributed by atoms with Gasteiger partial charge in [-0.15, -0.1) is 0 Å². The van der Waals surface area contributed by atoms with Crippen LogP contribution in [0.15, 0.2) is 71.2 Å². The molecule has 4 aromatic rings. The zero-order chi connectivity index (χ0) is 27.2. The minimum atomic E-state index is -2.32. The summed E-state index contributed by atoms with van der Waals surface area (Å²) in [4.78, 5) is 4.25. The van der Waals surface area contributed by atoms with E-state index < -0.39 is 18.6 Å². The van der Waals surface area contributed by atoms with Crippen LogP contribution in [0, 0.1) is 17.7 Å². The summed E-state index contributed by atoms with van der Waals surface area (Å²) in [6.07, 6.45) is 3.39. The molecular weight excluding hydrogens is 392 g/mol. The van der Waals surface area contributed by atoms with Crippen molar-refractivity contribution in [1.29, 1.82) is 5.41 Å². The Morgan fingerprint density at radius 1 is 1.09 bits per heavy atom. The predicted octanol–water partition coefficient (Wildman–Crippen LogP) is 8.01. The van der Waals surface area contributed by atoms with Crippen molar-refractivity contribution >= 4 is 39.4 Å². The lowest BCUT2D eigenvalue weighted by molar-refractivity contribution is 0.411. The second kappa shape index (κ2) is 8.58. The highest BCUT2D eigenvalue weighted by Gasteiger charge is 2.14. The second-order valence-electron chi connectivity index (χ2n) is 8.90. The number of nitrogens with zero attached hydrogens (tertiary/aromatic N) is 1. The molecule has 0 bridgehead atoms. The highest BCUT2D eigenvalue weighted by Crippen LogP contribution is 2.34. The first kappa shape index (κ1) is 16.2. The summed E-state index contributed by atoms with van der Waals surface area (Å²) in [6.45, 7) is 5.27. The average Bonchev–Trinajstić information content (AvgIpc) is 3.20. The first-order valence-electron chi connectivity index (χ1n) is 13.1. The van der Waals surface area contributed by atoms with Gasteiger partial charge in [0, 0.05) is 35.1 Å². The van der Waals surface area contributed by atoms with E-state index in [2.05, 4.69) is 4.98 Å². The van der Waals surface area contributed by atoms with Gasteiger partial charge in [0.25, 0.3) is 0 Å². The topological polar surface area (TPSA) is 49.9 Å². The van der Waals surface area contributed by atoms with E-state index in [4.69, 9.17) is 16.7 Å². The number of aromatic nitrogens is 1. The number of hydrogen-bond acceptors (Lipinski definition) is 3. The summed E-state index contributed by atoms with van der Waals surface area (Å²) in [6, 6.07) is 16.4. The number of para-hydroxylation sites is 1. The number of nitrogens with one attached hydrogen (secondary N) is 1. The Hall–Kier alpha value is -3.46. The lowest BCUT2D eigenvalue weighted by Gasteiger charge is -2.18. The van der Waals surface area contributed by atoms with Gasteiger partial charge in [0.2, 0.25) is 5.71 Å². The van der Waals surface area contributed by atoms with Crippen LogP contribution in [0.5, 0.6) is 0 Å². The molecule has 0 saturated heterocycles. The average molecular weight is 428 g/mol. The monoisotopic (exact) mass is 427 g/mol. The maximum Gasteiger partial charge on any atom is 0.227 e. The van der Waals surface area contributed by atoms with Gasteiger partial charge in [-0.2, -0.15) is 0 Å². The Bertz CT molecular complexity index is 1540. The molecule has 0 saturated carbocycles. The minimum absolute atomic E-state index is 0.0108. The number of rotatable bonds is 5. The number of benzene rings is 2. The van der Waals surface area contributed by atoms with Crippen molar-refractivity contribution in [2.75, 3.05) is 0 Å². The summed E-state index contributed by atoms with van der Waals surface area (Å²) in [5.41, 5.74) is 4.32. The molecule has 3 heteroatoms. The van der Waals surface area contributed by atoms with Crippen molar-refractivity contribution in [3.05, 3.63) is 89.1 Å². The maximum absolute atomic E-state index is 8.53. The quantitative estimate of drug-likeness (QED) is 0.259. The molecule has 32 heavy (non-hydrogen) atoms. The highest BCUT2D eigenvalue weighted by atomic mass is 16.3. The van der Waals surface area contributed by atoms with Crippen molar-refractivity contribution in [3.63, 3.8) is 0 Å².